The van der Waals surface area contributed by atoms with Crippen molar-refractivity contribution in [2.45, 2.75) is 58.4 Å². The molecule has 4 aliphatic carbocycles. The number of nitrogens with one attached hydrogen (secondary N) is 2. The number of nitrogens with zero attached hydrogens (tertiary/aromatic N) is 1. The van der Waals surface area contributed by atoms with Gasteiger partial charge in [-0.05, 0) is 81.3 Å². The van der Waals surface area contributed by atoms with E-state index in [2.05, 4.69) is 15.8 Å². The summed E-state index contributed by atoms with van der Waals surface area (Å²) in [6.45, 7) is 3.68. The number of hydrogen-bond donors (Lipinski definition) is 2. The van der Waals surface area contributed by atoms with Gasteiger partial charge >= 0.3 is 0 Å². The highest BCUT2D eigenvalue weighted by molar-refractivity contribution is 6.01. The molecular formula is C22H29N3O2. The number of rotatable bonds is 5. The van der Waals surface area contributed by atoms with Gasteiger partial charge in [0.15, 0.2) is 0 Å². The predicted molar refractivity (Wildman–Crippen MR) is 105 cm³/mol. The van der Waals surface area contributed by atoms with Crippen molar-refractivity contribution in [1.82, 2.24) is 10.7 Å². The van der Waals surface area contributed by atoms with E-state index in [4.69, 9.17) is 0 Å². The Balaban J connectivity index is 1.30. The van der Waals surface area contributed by atoms with E-state index in [0.29, 0.717) is 29.2 Å². The van der Waals surface area contributed by atoms with Gasteiger partial charge in [0.1, 0.15) is 0 Å². The molecule has 4 saturated carbocycles. The zero-order valence-electron chi connectivity index (χ0n) is 16.2. The number of carbonyl (C=O) groups is 2. The summed E-state index contributed by atoms with van der Waals surface area (Å²) in [6.07, 6.45) is 6.81. The van der Waals surface area contributed by atoms with Crippen molar-refractivity contribution < 1.29 is 9.59 Å². The molecule has 4 aliphatic rings. The first-order valence-electron chi connectivity index (χ1n) is 10.2. The van der Waals surface area contributed by atoms with E-state index in [1.807, 2.05) is 25.1 Å². The van der Waals surface area contributed by atoms with E-state index in [-0.39, 0.29) is 18.2 Å². The van der Waals surface area contributed by atoms with Crippen LogP contribution in [0.15, 0.2) is 29.4 Å². The second kappa shape index (κ2) is 7.45. The van der Waals surface area contributed by atoms with Crippen LogP contribution in [-0.2, 0) is 4.79 Å². The van der Waals surface area contributed by atoms with Gasteiger partial charge in [-0.2, -0.15) is 5.10 Å². The molecule has 4 bridgehead atoms. The first-order chi connectivity index (χ1) is 13.0. The molecule has 0 unspecified atom stereocenters. The van der Waals surface area contributed by atoms with Crippen molar-refractivity contribution in [3.63, 3.8) is 0 Å². The quantitative estimate of drug-likeness (QED) is 0.618. The van der Waals surface area contributed by atoms with Gasteiger partial charge in [0.25, 0.3) is 5.91 Å². The van der Waals surface area contributed by atoms with Crippen LogP contribution in [0, 0.1) is 30.6 Å². The number of carbonyl (C=O) groups excluding carboxylic acids is 2. The van der Waals surface area contributed by atoms with Crippen molar-refractivity contribution >= 4 is 17.5 Å². The van der Waals surface area contributed by atoms with E-state index < -0.39 is 0 Å². The molecule has 0 heterocycles. The Bertz CT molecular complexity index is 743. The van der Waals surface area contributed by atoms with Crippen LogP contribution in [0.1, 0.15) is 61.4 Å². The normalized spacial score (nSPS) is 31.6. The smallest absolute Gasteiger partial charge is 0.271 e. The van der Waals surface area contributed by atoms with Crippen molar-refractivity contribution in [1.29, 1.82) is 0 Å². The highest BCUT2D eigenvalue weighted by atomic mass is 16.2. The fourth-order valence-corrected chi connectivity index (χ4v) is 5.70. The van der Waals surface area contributed by atoms with E-state index in [9.17, 15) is 9.59 Å². The van der Waals surface area contributed by atoms with E-state index >= 15 is 0 Å². The molecule has 4 fully saturated rings. The lowest BCUT2D eigenvalue weighted by Crippen LogP contribution is -2.56. The zero-order valence-corrected chi connectivity index (χ0v) is 16.2. The Morgan fingerprint density at radius 1 is 1.04 bits per heavy atom. The molecule has 5 rings (SSSR count). The van der Waals surface area contributed by atoms with Gasteiger partial charge in [0.05, 0.1) is 6.42 Å². The van der Waals surface area contributed by atoms with Gasteiger partial charge in [0.2, 0.25) is 5.91 Å². The molecule has 1 aromatic rings. The molecule has 144 valence electrons. The SMILES string of the molecule is C/C(CC(=O)NC1C2CC3CC(C2)CC1C3)=N/NC(=O)c1ccccc1C. The summed E-state index contributed by atoms with van der Waals surface area (Å²) >= 11 is 0. The van der Waals surface area contributed by atoms with Crippen LogP contribution in [0.25, 0.3) is 0 Å². The molecule has 0 saturated heterocycles. The topological polar surface area (TPSA) is 70.6 Å². The van der Waals surface area contributed by atoms with Crippen molar-refractivity contribution in [3.8, 4) is 0 Å². The summed E-state index contributed by atoms with van der Waals surface area (Å²) in [4.78, 5) is 24.7. The Morgan fingerprint density at radius 2 is 1.67 bits per heavy atom. The lowest BCUT2D eigenvalue weighted by Gasteiger charge is -2.54. The molecule has 2 amide bonds. The number of hydrazone groups is 1. The molecule has 0 spiro atoms. The zero-order chi connectivity index (χ0) is 19.0. The molecule has 0 aliphatic heterocycles. The van der Waals surface area contributed by atoms with Crippen LogP contribution in [0.3, 0.4) is 0 Å². The Morgan fingerprint density at radius 3 is 2.30 bits per heavy atom. The van der Waals surface area contributed by atoms with Gasteiger partial charge in [0, 0.05) is 17.3 Å². The number of aryl methyl sites for hydroxylation is 1. The summed E-state index contributed by atoms with van der Waals surface area (Å²) in [6, 6.07) is 7.74. The van der Waals surface area contributed by atoms with Crippen LogP contribution < -0.4 is 10.7 Å². The molecule has 0 aromatic heterocycles. The Hall–Kier alpha value is -2.17. The Kier molecular flexibility index (Phi) is 5.02. The molecule has 2 N–H and O–H groups in total. The average molecular weight is 367 g/mol. The standard InChI is InChI=1S/C22H29N3O2/c1-13-5-3-4-6-19(13)22(27)25-24-14(2)7-20(26)23-21-17-9-15-8-16(11-17)12-18(21)10-15/h3-6,15-18,21H,7-12H2,1-2H3,(H,23,26)(H,25,27)/b24-14-. The van der Waals surface area contributed by atoms with Gasteiger partial charge < -0.3 is 5.32 Å². The summed E-state index contributed by atoms with van der Waals surface area (Å²) in [5, 5.41) is 7.41. The summed E-state index contributed by atoms with van der Waals surface area (Å²) < 4.78 is 0. The number of hydrogen-bond acceptors (Lipinski definition) is 3. The molecular weight excluding hydrogens is 338 g/mol. The highest BCUT2D eigenvalue weighted by Crippen LogP contribution is 2.53. The number of benzene rings is 1. The predicted octanol–water partition coefficient (Wildman–Crippen LogP) is 3.43. The van der Waals surface area contributed by atoms with Gasteiger partial charge in [-0.1, -0.05) is 18.2 Å². The second-order valence-corrected chi connectivity index (χ2v) is 8.80. The van der Waals surface area contributed by atoms with Gasteiger partial charge in [-0.25, -0.2) is 5.43 Å². The maximum absolute atomic E-state index is 12.5. The van der Waals surface area contributed by atoms with Crippen LogP contribution in [0.5, 0.6) is 0 Å². The maximum atomic E-state index is 12.5. The van der Waals surface area contributed by atoms with E-state index in [1.54, 1.807) is 13.0 Å². The van der Waals surface area contributed by atoms with Crippen LogP contribution >= 0.6 is 0 Å². The first kappa shape index (κ1) is 18.2. The third kappa shape index (κ3) is 3.92. The second-order valence-electron chi connectivity index (χ2n) is 8.80. The van der Waals surface area contributed by atoms with Crippen LogP contribution in [0.2, 0.25) is 0 Å². The molecule has 0 radical (unpaired) electrons. The molecule has 0 atom stereocenters. The fraction of sp³-hybridized carbons (Fsp3) is 0.591. The first-order valence-corrected chi connectivity index (χ1v) is 10.2. The Labute approximate surface area is 161 Å². The van der Waals surface area contributed by atoms with E-state index in [0.717, 1.165) is 17.4 Å². The maximum Gasteiger partial charge on any atom is 0.271 e. The van der Waals surface area contributed by atoms with E-state index in [1.165, 1.54) is 32.1 Å². The van der Waals surface area contributed by atoms with Gasteiger partial charge in [-0.15, -0.1) is 0 Å². The fourth-order valence-electron chi connectivity index (χ4n) is 5.70. The monoisotopic (exact) mass is 367 g/mol. The molecule has 5 heteroatoms. The minimum Gasteiger partial charge on any atom is -0.352 e. The lowest BCUT2D eigenvalue weighted by molar-refractivity contribution is -0.123. The minimum atomic E-state index is -0.242. The molecule has 27 heavy (non-hydrogen) atoms. The third-order valence-corrected chi connectivity index (χ3v) is 6.71. The third-order valence-electron chi connectivity index (χ3n) is 6.71. The summed E-state index contributed by atoms with van der Waals surface area (Å²) in [5.41, 5.74) is 4.70. The summed E-state index contributed by atoms with van der Waals surface area (Å²) in [7, 11) is 0. The lowest BCUT2D eigenvalue weighted by atomic mass is 9.54. The summed E-state index contributed by atoms with van der Waals surface area (Å²) in [5.74, 6) is 2.93. The average Bonchev–Trinajstić information content (AvgIpc) is 2.62. The van der Waals surface area contributed by atoms with Crippen molar-refractivity contribution in [3.05, 3.63) is 35.4 Å². The minimum absolute atomic E-state index is 0.0267. The molecule has 5 nitrogen and oxygen atoms in total. The molecule has 1 aromatic carbocycles. The van der Waals surface area contributed by atoms with Crippen molar-refractivity contribution in [2.24, 2.45) is 28.8 Å². The van der Waals surface area contributed by atoms with Gasteiger partial charge in [-0.3, -0.25) is 9.59 Å². The van der Waals surface area contributed by atoms with Crippen LogP contribution in [-0.4, -0.2) is 23.6 Å². The van der Waals surface area contributed by atoms with Crippen LogP contribution in [0.4, 0.5) is 0 Å². The number of amides is 2. The largest absolute Gasteiger partial charge is 0.352 e. The van der Waals surface area contributed by atoms with Crippen molar-refractivity contribution in [2.75, 3.05) is 0 Å². The highest BCUT2D eigenvalue weighted by Gasteiger charge is 2.48.